The van der Waals surface area contributed by atoms with Gasteiger partial charge in [-0.05, 0) is 19.1 Å². The second kappa shape index (κ2) is 5.22. The van der Waals surface area contributed by atoms with E-state index in [1.807, 2.05) is 24.4 Å². The first kappa shape index (κ1) is 13.1. The van der Waals surface area contributed by atoms with Crippen molar-refractivity contribution in [2.24, 2.45) is 5.73 Å². The maximum atomic E-state index is 6.27. The Morgan fingerprint density at radius 3 is 2.90 bits per heavy atom. The lowest BCUT2D eigenvalue weighted by molar-refractivity contribution is 0.594. The van der Waals surface area contributed by atoms with Crippen molar-refractivity contribution in [3.63, 3.8) is 0 Å². The van der Waals surface area contributed by atoms with Crippen molar-refractivity contribution >= 4 is 22.6 Å². The number of hydrogen-bond acceptors (Lipinski definition) is 4. The molecular weight excluding hydrogens is 276 g/mol. The minimum Gasteiger partial charge on any atom is -0.325 e. The summed E-state index contributed by atoms with van der Waals surface area (Å²) in [6.07, 6.45) is 1.83. The van der Waals surface area contributed by atoms with Gasteiger partial charge in [-0.1, -0.05) is 22.9 Å². The average molecular weight is 291 g/mol. The largest absolute Gasteiger partial charge is 0.325 e. The van der Waals surface area contributed by atoms with Gasteiger partial charge in [0, 0.05) is 13.1 Å². The van der Waals surface area contributed by atoms with E-state index < -0.39 is 0 Å². The van der Waals surface area contributed by atoms with Crippen molar-refractivity contribution in [3.05, 3.63) is 40.9 Å². The van der Waals surface area contributed by atoms with Gasteiger partial charge in [0.1, 0.15) is 12.4 Å². The van der Waals surface area contributed by atoms with E-state index in [0.29, 0.717) is 18.1 Å². The maximum Gasteiger partial charge on any atom is 0.131 e. The molecule has 0 radical (unpaired) electrons. The van der Waals surface area contributed by atoms with Gasteiger partial charge in [0.15, 0.2) is 0 Å². The number of nitrogens with two attached hydrogens (primary N) is 1. The van der Waals surface area contributed by atoms with Crippen molar-refractivity contribution < 1.29 is 0 Å². The predicted molar refractivity (Wildman–Crippen MR) is 77.4 cm³/mol. The third kappa shape index (κ3) is 2.17. The molecule has 0 bridgehead atoms. The number of benzene rings is 1. The van der Waals surface area contributed by atoms with Crippen molar-refractivity contribution in [2.45, 2.75) is 26.6 Å². The zero-order valence-corrected chi connectivity index (χ0v) is 11.9. The monoisotopic (exact) mass is 290 g/mol. The van der Waals surface area contributed by atoms with Crippen LogP contribution >= 0.6 is 11.6 Å². The highest BCUT2D eigenvalue weighted by molar-refractivity contribution is 6.35. The molecule has 7 heteroatoms. The second-order valence-corrected chi connectivity index (χ2v) is 4.90. The van der Waals surface area contributed by atoms with E-state index in [1.54, 1.807) is 4.68 Å². The van der Waals surface area contributed by atoms with E-state index in [1.165, 1.54) is 0 Å². The molecule has 3 aromatic rings. The zero-order valence-electron chi connectivity index (χ0n) is 11.1. The molecule has 0 spiro atoms. The summed E-state index contributed by atoms with van der Waals surface area (Å²) in [5.41, 5.74) is 8.17. The zero-order chi connectivity index (χ0) is 14.1. The van der Waals surface area contributed by atoms with Crippen LogP contribution in [0.1, 0.15) is 18.4 Å². The van der Waals surface area contributed by atoms with Gasteiger partial charge >= 0.3 is 0 Å². The SMILES string of the molecule is CCn1c(Cn2cc(CN)nn2)nc2cccc(Cl)c21. The number of nitrogens with zero attached hydrogens (tertiary/aromatic N) is 5. The number of fused-ring (bicyclic) bond motifs is 1. The third-order valence-corrected chi connectivity index (χ3v) is 3.52. The molecule has 6 nitrogen and oxygen atoms in total. The van der Waals surface area contributed by atoms with Crippen LogP contribution in [0.4, 0.5) is 0 Å². The van der Waals surface area contributed by atoms with Crippen molar-refractivity contribution in [2.75, 3.05) is 0 Å². The minimum atomic E-state index is 0.385. The van der Waals surface area contributed by atoms with Gasteiger partial charge in [-0.25, -0.2) is 9.67 Å². The molecule has 20 heavy (non-hydrogen) atoms. The molecule has 0 aliphatic heterocycles. The topological polar surface area (TPSA) is 74.5 Å². The van der Waals surface area contributed by atoms with E-state index >= 15 is 0 Å². The van der Waals surface area contributed by atoms with Gasteiger partial charge in [-0.15, -0.1) is 5.10 Å². The van der Waals surface area contributed by atoms with Gasteiger partial charge in [0.25, 0.3) is 0 Å². The Balaban J connectivity index is 2.04. The Labute approximate surface area is 121 Å². The summed E-state index contributed by atoms with van der Waals surface area (Å²) >= 11 is 6.27. The van der Waals surface area contributed by atoms with Crippen LogP contribution in [0.25, 0.3) is 11.0 Å². The molecule has 0 saturated heterocycles. The predicted octanol–water partition coefficient (Wildman–Crippen LogP) is 1.81. The van der Waals surface area contributed by atoms with Gasteiger partial charge in [-0.3, -0.25) is 0 Å². The summed E-state index contributed by atoms with van der Waals surface area (Å²) in [6, 6.07) is 5.75. The molecule has 2 heterocycles. The van der Waals surface area contributed by atoms with Gasteiger partial charge in [0.05, 0.1) is 27.9 Å². The van der Waals surface area contributed by atoms with Crippen LogP contribution in [0.2, 0.25) is 5.02 Å². The van der Waals surface area contributed by atoms with Crippen molar-refractivity contribution in [3.8, 4) is 0 Å². The molecular formula is C13H15ClN6. The Morgan fingerprint density at radius 2 is 2.20 bits per heavy atom. The van der Waals surface area contributed by atoms with Crippen LogP contribution in [0.3, 0.4) is 0 Å². The first-order chi connectivity index (χ1) is 9.72. The molecule has 3 rings (SSSR count). The fourth-order valence-corrected chi connectivity index (χ4v) is 2.58. The van der Waals surface area contributed by atoms with E-state index in [0.717, 1.165) is 29.1 Å². The molecule has 0 aliphatic rings. The lowest BCUT2D eigenvalue weighted by Crippen LogP contribution is -2.08. The number of imidazole rings is 1. The summed E-state index contributed by atoms with van der Waals surface area (Å²) < 4.78 is 3.84. The molecule has 0 amide bonds. The normalized spacial score (nSPS) is 11.3. The molecule has 1 aromatic carbocycles. The number of halogens is 1. The van der Waals surface area contributed by atoms with Gasteiger partial charge < -0.3 is 10.3 Å². The summed E-state index contributed by atoms with van der Waals surface area (Å²) in [4.78, 5) is 4.63. The number of aryl methyl sites for hydroxylation is 1. The summed E-state index contributed by atoms with van der Waals surface area (Å²) in [6.45, 7) is 3.80. The molecule has 0 atom stereocenters. The highest BCUT2D eigenvalue weighted by atomic mass is 35.5. The fourth-order valence-electron chi connectivity index (χ4n) is 2.31. The number of para-hydroxylation sites is 1. The van der Waals surface area contributed by atoms with Crippen LogP contribution < -0.4 is 5.73 Å². The van der Waals surface area contributed by atoms with Crippen molar-refractivity contribution in [1.29, 1.82) is 0 Å². The van der Waals surface area contributed by atoms with E-state index in [9.17, 15) is 0 Å². The lowest BCUT2D eigenvalue weighted by atomic mass is 10.3. The highest BCUT2D eigenvalue weighted by Crippen LogP contribution is 2.24. The Kier molecular flexibility index (Phi) is 3.42. The Bertz CT molecular complexity index is 744. The number of aromatic nitrogens is 5. The van der Waals surface area contributed by atoms with Gasteiger partial charge in [0.2, 0.25) is 0 Å². The average Bonchev–Trinajstić information content (AvgIpc) is 3.03. The van der Waals surface area contributed by atoms with E-state index in [2.05, 4.69) is 26.8 Å². The first-order valence-electron chi connectivity index (χ1n) is 6.45. The highest BCUT2D eigenvalue weighted by Gasteiger charge is 2.13. The summed E-state index contributed by atoms with van der Waals surface area (Å²) in [7, 11) is 0. The Hall–Kier alpha value is -1.92. The smallest absolute Gasteiger partial charge is 0.131 e. The molecule has 2 N–H and O–H groups in total. The summed E-state index contributed by atoms with van der Waals surface area (Å²) in [5, 5.41) is 8.75. The second-order valence-electron chi connectivity index (χ2n) is 4.49. The summed E-state index contributed by atoms with van der Waals surface area (Å²) in [5.74, 6) is 0.907. The first-order valence-corrected chi connectivity index (χ1v) is 6.83. The van der Waals surface area contributed by atoms with E-state index in [-0.39, 0.29) is 0 Å². The van der Waals surface area contributed by atoms with Crippen LogP contribution in [0.15, 0.2) is 24.4 Å². The maximum absolute atomic E-state index is 6.27. The number of rotatable bonds is 4. The minimum absolute atomic E-state index is 0.385. The van der Waals surface area contributed by atoms with Gasteiger partial charge in [-0.2, -0.15) is 0 Å². The van der Waals surface area contributed by atoms with E-state index in [4.69, 9.17) is 17.3 Å². The Morgan fingerprint density at radius 1 is 1.35 bits per heavy atom. The molecule has 104 valence electrons. The molecule has 0 saturated carbocycles. The molecule has 2 aromatic heterocycles. The molecule has 0 unspecified atom stereocenters. The fraction of sp³-hybridized carbons (Fsp3) is 0.308. The van der Waals surface area contributed by atoms with Crippen LogP contribution in [0, 0.1) is 0 Å². The third-order valence-electron chi connectivity index (χ3n) is 3.21. The van der Waals surface area contributed by atoms with Crippen molar-refractivity contribution in [1.82, 2.24) is 24.5 Å². The molecule has 0 aliphatic carbocycles. The molecule has 0 fully saturated rings. The van der Waals surface area contributed by atoms with Crippen LogP contribution in [-0.2, 0) is 19.6 Å². The quantitative estimate of drug-likeness (QED) is 0.795. The standard InChI is InChI=1S/C13H15ClN6/c1-2-20-12(8-19-7-9(6-15)17-18-19)16-11-5-3-4-10(14)13(11)20/h3-5,7H,2,6,8,15H2,1H3. The van der Waals surface area contributed by atoms with Crippen LogP contribution in [-0.4, -0.2) is 24.5 Å². The van der Waals surface area contributed by atoms with Crippen LogP contribution in [0.5, 0.6) is 0 Å². The number of hydrogen-bond donors (Lipinski definition) is 1. The lowest BCUT2D eigenvalue weighted by Gasteiger charge is -2.06.